The normalized spacial score (nSPS) is 11.7. The summed E-state index contributed by atoms with van der Waals surface area (Å²) in [5, 5.41) is 3.71. The van der Waals surface area contributed by atoms with E-state index in [0.717, 1.165) is 11.1 Å². The van der Waals surface area contributed by atoms with Crippen LogP contribution in [-0.4, -0.2) is 29.7 Å². The van der Waals surface area contributed by atoms with Crippen LogP contribution in [0, 0.1) is 0 Å². The molecule has 1 heterocycles. The summed E-state index contributed by atoms with van der Waals surface area (Å²) in [5.74, 6) is 1.86. The number of halogens is 1. The first-order chi connectivity index (χ1) is 13.5. The molecule has 2 aromatic carbocycles. The second-order valence-corrected chi connectivity index (χ2v) is 6.78. The number of methoxy groups -OCH3 is 2. The van der Waals surface area contributed by atoms with Crippen molar-refractivity contribution in [2.45, 2.75) is 12.5 Å². The molecule has 0 saturated carbocycles. The van der Waals surface area contributed by atoms with Gasteiger partial charge in [0.15, 0.2) is 0 Å². The topological polar surface area (TPSA) is 65.4 Å². The van der Waals surface area contributed by atoms with E-state index < -0.39 is 6.04 Å². The average Bonchev–Trinajstić information content (AvgIpc) is 3.13. The highest BCUT2D eigenvalue weighted by Crippen LogP contribution is 2.29. The van der Waals surface area contributed by atoms with Crippen molar-refractivity contribution < 1.29 is 14.3 Å². The number of carbonyl (C=O) groups excluding carboxylic acids is 1. The Hall–Kier alpha value is -2.99. The van der Waals surface area contributed by atoms with Gasteiger partial charge in [-0.05, 0) is 35.4 Å². The van der Waals surface area contributed by atoms with Crippen LogP contribution in [0.4, 0.5) is 0 Å². The lowest BCUT2D eigenvalue weighted by atomic mass is 10.0. The van der Waals surface area contributed by atoms with E-state index in [4.69, 9.17) is 21.1 Å². The quantitative estimate of drug-likeness (QED) is 0.660. The number of nitrogens with one attached hydrogen (secondary N) is 1. The lowest BCUT2D eigenvalue weighted by Gasteiger charge is -2.20. The summed E-state index contributed by atoms with van der Waals surface area (Å²) in [5.41, 5.74) is 1.69. The first-order valence-electron chi connectivity index (χ1n) is 8.74. The molecule has 3 rings (SSSR count). The minimum atomic E-state index is -0.455. The van der Waals surface area contributed by atoms with Gasteiger partial charge in [-0.1, -0.05) is 23.7 Å². The van der Waals surface area contributed by atoms with Crippen molar-refractivity contribution >= 4 is 17.5 Å². The number of aryl methyl sites for hydroxylation is 1. The van der Waals surface area contributed by atoms with E-state index in [0.29, 0.717) is 22.3 Å². The minimum absolute atomic E-state index is 0.128. The standard InChI is InChI=1S/C21H22ClN3O3/c1-25-9-8-23-21(25)20(15-11-17(27-2)13-18(12-15)28-3)24-19(26)10-14-4-6-16(22)7-5-14/h4-9,11-13,20H,10H2,1-3H3,(H,24,26). The first kappa shape index (κ1) is 19.8. The lowest BCUT2D eigenvalue weighted by Crippen LogP contribution is -2.32. The number of carbonyl (C=O) groups is 1. The molecule has 7 heteroatoms. The molecular formula is C21H22ClN3O3. The maximum absolute atomic E-state index is 12.8. The summed E-state index contributed by atoms with van der Waals surface area (Å²) in [7, 11) is 5.07. The molecule has 0 saturated heterocycles. The number of hydrogen-bond donors (Lipinski definition) is 1. The Labute approximate surface area is 169 Å². The van der Waals surface area contributed by atoms with Gasteiger partial charge in [-0.3, -0.25) is 4.79 Å². The van der Waals surface area contributed by atoms with Gasteiger partial charge in [0.2, 0.25) is 5.91 Å². The summed E-state index contributed by atoms with van der Waals surface area (Å²) in [6.45, 7) is 0. The van der Waals surface area contributed by atoms with Gasteiger partial charge in [0.05, 0.1) is 20.6 Å². The molecule has 0 spiro atoms. The molecule has 0 aliphatic rings. The van der Waals surface area contributed by atoms with Gasteiger partial charge in [0.25, 0.3) is 0 Å². The van der Waals surface area contributed by atoms with Gasteiger partial charge in [0.1, 0.15) is 23.4 Å². The SMILES string of the molecule is COc1cc(OC)cc(C(NC(=O)Cc2ccc(Cl)cc2)c2nccn2C)c1. The van der Waals surface area contributed by atoms with Crippen LogP contribution in [0.5, 0.6) is 11.5 Å². The Morgan fingerprint density at radius 1 is 1.14 bits per heavy atom. The van der Waals surface area contributed by atoms with Gasteiger partial charge < -0.3 is 19.4 Å². The first-order valence-corrected chi connectivity index (χ1v) is 9.12. The number of amides is 1. The number of nitrogens with zero attached hydrogens (tertiary/aromatic N) is 2. The number of ether oxygens (including phenoxy) is 2. The Morgan fingerprint density at radius 3 is 2.32 bits per heavy atom. The van der Waals surface area contributed by atoms with E-state index in [9.17, 15) is 4.79 Å². The summed E-state index contributed by atoms with van der Waals surface area (Å²) in [6.07, 6.45) is 3.77. The van der Waals surface area contributed by atoms with Crippen molar-refractivity contribution in [3.63, 3.8) is 0 Å². The summed E-state index contributed by atoms with van der Waals surface area (Å²) >= 11 is 5.92. The van der Waals surface area contributed by atoms with Gasteiger partial charge in [0, 0.05) is 30.5 Å². The molecule has 0 fully saturated rings. The second kappa shape index (κ2) is 8.80. The summed E-state index contributed by atoms with van der Waals surface area (Å²) < 4.78 is 12.6. The number of imidazole rings is 1. The molecule has 3 aromatic rings. The number of rotatable bonds is 7. The summed E-state index contributed by atoms with van der Waals surface area (Å²) in [6, 6.07) is 12.3. The number of benzene rings is 2. The van der Waals surface area contributed by atoms with Crippen LogP contribution in [0.1, 0.15) is 23.0 Å². The Balaban J connectivity index is 1.91. The van der Waals surface area contributed by atoms with Crippen LogP contribution in [0.2, 0.25) is 5.02 Å². The molecule has 0 bridgehead atoms. The van der Waals surface area contributed by atoms with E-state index in [-0.39, 0.29) is 12.3 Å². The van der Waals surface area contributed by atoms with Crippen LogP contribution < -0.4 is 14.8 Å². The maximum Gasteiger partial charge on any atom is 0.225 e. The van der Waals surface area contributed by atoms with Crippen LogP contribution in [0.25, 0.3) is 0 Å². The molecule has 1 unspecified atom stereocenters. The van der Waals surface area contributed by atoms with Crippen molar-refractivity contribution in [3.8, 4) is 11.5 Å². The third-order valence-electron chi connectivity index (χ3n) is 4.41. The Kier molecular flexibility index (Phi) is 6.21. The van der Waals surface area contributed by atoms with Crippen LogP contribution in [-0.2, 0) is 18.3 Å². The molecule has 0 aliphatic heterocycles. The predicted octanol–water partition coefficient (Wildman–Crippen LogP) is 3.54. The van der Waals surface area contributed by atoms with Crippen molar-refractivity contribution in [2.75, 3.05) is 14.2 Å². The minimum Gasteiger partial charge on any atom is -0.497 e. The molecule has 0 aliphatic carbocycles. The van der Waals surface area contributed by atoms with Crippen molar-refractivity contribution in [3.05, 3.63) is 76.8 Å². The van der Waals surface area contributed by atoms with Crippen molar-refractivity contribution in [2.24, 2.45) is 7.05 Å². The molecule has 28 heavy (non-hydrogen) atoms. The van der Waals surface area contributed by atoms with Gasteiger partial charge in [-0.15, -0.1) is 0 Å². The molecule has 1 N–H and O–H groups in total. The van der Waals surface area contributed by atoms with Crippen LogP contribution >= 0.6 is 11.6 Å². The van der Waals surface area contributed by atoms with Gasteiger partial charge in [-0.2, -0.15) is 0 Å². The average molecular weight is 400 g/mol. The van der Waals surface area contributed by atoms with Gasteiger partial charge >= 0.3 is 0 Å². The Bertz CT molecular complexity index is 932. The van der Waals surface area contributed by atoms with Crippen LogP contribution in [0.15, 0.2) is 54.9 Å². The van der Waals surface area contributed by atoms with E-state index in [1.165, 1.54) is 0 Å². The third-order valence-corrected chi connectivity index (χ3v) is 4.66. The molecule has 0 radical (unpaired) electrons. The maximum atomic E-state index is 12.8. The van der Waals surface area contributed by atoms with E-state index in [1.54, 1.807) is 38.6 Å². The predicted molar refractivity (Wildman–Crippen MR) is 108 cm³/mol. The largest absolute Gasteiger partial charge is 0.497 e. The molecule has 1 atom stereocenters. The third kappa shape index (κ3) is 4.64. The highest BCUT2D eigenvalue weighted by molar-refractivity contribution is 6.30. The fraction of sp³-hybridized carbons (Fsp3) is 0.238. The number of hydrogen-bond acceptors (Lipinski definition) is 4. The fourth-order valence-electron chi connectivity index (χ4n) is 2.95. The van der Waals surface area contributed by atoms with Gasteiger partial charge in [-0.25, -0.2) is 4.98 Å². The van der Waals surface area contributed by atoms with Crippen molar-refractivity contribution in [1.29, 1.82) is 0 Å². The molecule has 6 nitrogen and oxygen atoms in total. The molecule has 146 valence electrons. The highest BCUT2D eigenvalue weighted by Gasteiger charge is 2.22. The fourth-order valence-corrected chi connectivity index (χ4v) is 3.07. The van der Waals surface area contributed by atoms with E-state index in [2.05, 4.69) is 10.3 Å². The highest BCUT2D eigenvalue weighted by atomic mass is 35.5. The smallest absolute Gasteiger partial charge is 0.225 e. The zero-order valence-corrected chi connectivity index (χ0v) is 16.7. The second-order valence-electron chi connectivity index (χ2n) is 6.35. The zero-order valence-electron chi connectivity index (χ0n) is 16.0. The summed E-state index contributed by atoms with van der Waals surface area (Å²) in [4.78, 5) is 17.2. The van der Waals surface area contributed by atoms with E-state index >= 15 is 0 Å². The lowest BCUT2D eigenvalue weighted by molar-refractivity contribution is -0.121. The molecule has 1 aromatic heterocycles. The molecule has 1 amide bonds. The van der Waals surface area contributed by atoms with Crippen LogP contribution in [0.3, 0.4) is 0 Å². The number of aromatic nitrogens is 2. The zero-order chi connectivity index (χ0) is 20.1. The molecular weight excluding hydrogens is 378 g/mol. The van der Waals surface area contributed by atoms with E-state index in [1.807, 2.05) is 42.1 Å². The monoisotopic (exact) mass is 399 g/mol. The Morgan fingerprint density at radius 2 is 1.79 bits per heavy atom. The van der Waals surface area contributed by atoms with Crippen molar-refractivity contribution in [1.82, 2.24) is 14.9 Å².